The summed E-state index contributed by atoms with van der Waals surface area (Å²) in [7, 11) is 0. The number of piperazine rings is 1. The monoisotopic (exact) mass is 307 g/mol. The Morgan fingerprint density at radius 2 is 2.05 bits per heavy atom. The molecule has 0 bridgehead atoms. The third-order valence-corrected chi connectivity index (χ3v) is 5.60. The average Bonchev–Trinajstić information content (AvgIpc) is 3.18. The van der Waals surface area contributed by atoms with Gasteiger partial charge in [-0.1, -0.05) is 0 Å². The summed E-state index contributed by atoms with van der Waals surface area (Å²) < 4.78 is 0. The van der Waals surface area contributed by atoms with Gasteiger partial charge >= 0.3 is 0 Å². The Bertz CT molecular complexity index is 606. The number of carbonyl (C=O) groups excluding carboxylic acids is 2. The number of rotatable bonds is 3. The van der Waals surface area contributed by atoms with Crippen molar-refractivity contribution >= 4 is 23.2 Å². The minimum Gasteiger partial charge on any atom is -0.340 e. The van der Waals surface area contributed by atoms with E-state index >= 15 is 0 Å². The molecule has 0 radical (unpaired) electrons. The Morgan fingerprint density at radius 1 is 1.38 bits per heavy atom. The molecule has 1 aliphatic carbocycles. The maximum Gasteiger partial charge on any atom is 0.249 e. The summed E-state index contributed by atoms with van der Waals surface area (Å²) in [5.41, 5.74) is -0.643. The fraction of sp³-hybridized carbons (Fsp3) is 0.667. The molecule has 21 heavy (non-hydrogen) atoms. The fourth-order valence-corrected chi connectivity index (χ4v) is 3.68. The molecule has 2 amide bonds. The van der Waals surface area contributed by atoms with Crippen molar-refractivity contribution in [2.75, 3.05) is 0 Å². The van der Waals surface area contributed by atoms with Crippen LogP contribution in [0.2, 0.25) is 0 Å². The fourth-order valence-electron chi connectivity index (χ4n) is 2.92. The minimum absolute atomic E-state index is 0.0162. The molecule has 1 aliphatic heterocycles. The van der Waals surface area contributed by atoms with Gasteiger partial charge < -0.3 is 10.2 Å². The lowest BCUT2D eigenvalue weighted by molar-refractivity contribution is -0.162. The Labute approximate surface area is 128 Å². The highest BCUT2D eigenvalue weighted by molar-refractivity contribution is 7.09. The molecule has 3 rings (SSSR count). The van der Waals surface area contributed by atoms with E-state index in [0.717, 1.165) is 23.5 Å². The van der Waals surface area contributed by atoms with Crippen molar-refractivity contribution in [3.05, 3.63) is 16.1 Å². The van der Waals surface area contributed by atoms with Gasteiger partial charge in [-0.25, -0.2) is 4.98 Å². The van der Waals surface area contributed by atoms with E-state index in [1.807, 2.05) is 19.2 Å². The van der Waals surface area contributed by atoms with Crippen molar-refractivity contribution in [3.63, 3.8) is 0 Å². The van der Waals surface area contributed by atoms with E-state index in [-0.39, 0.29) is 17.7 Å². The van der Waals surface area contributed by atoms with E-state index in [4.69, 9.17) is 0 Å². The second kappa shape index (κ2) is 4.53. The topological polar surface area (TPSA) is 62.3 Å². The van der Waals surface area contributed by atoms with Crippen molar-refractivity contribution in [3.8, 4) is 0 Å². The SMILES string of the molecule is Cc1csc(CN2C(=O)C(C)(C3CC3)NC(=O)C2(C)C)n1. The number of amides is 2. The molecule has 1 atom stereocenters. The average molecular weight is 307 g/mol. The van der Waals surface area contributed by atoms with Gasteiger partial charge in [-0.3, -0.25) is 9.59 Å². The second-order valence-electron chi connectivity index (χ2n) is 6.76. The summed E-state index contributed by atoms with van der Waals surface area (Å²) in [6.45, 7) is 7.80. The number of nitrogens with one attached hydrogen (secondary N) is 1. The Morgan fingerprint density at radius 3 is 2.57 bits per heavy atom. The number of nitrogens with zero attached hydrogens (tertiary/aromatic N) is 2. The van der Waals surface area contributed by atoms with Crippen LogP contribution in [0.5, 0.6) is 0 Å². The van der Waals surface area contributed by atoms with Crippen LogP contribution in [0.3, 0.4) is 0 Å². The number of hydrogen-bond acceptors (Lipinski definition) is 4. The van der Waals surface area contributed by atoms with Crippen molar-refractivity contribution < 1.29 is 9.59 Å². The zero-order valence-corrected chi connectivity index (χ0v) is 13.7. The second-order valence-corrected chi connectivity index (χ2v) is 7.71. The van der Waals surface area contributed by atoms with E-state index in [2.05, 4.69) is 10.3 Å². The number of carbonyl (C=O) groups is 2. The Hall–Kier alpha value is -1.43. The zero-order valence-electron chi connectivity index (χ0n) is 12.9. The highest BCUT2D eigenvalue weighted by atomic mass is 32.1. The van der Waals surface area contributed by atoms with Crippen LogP contribution in [-0.2, 0) is 16.1 Å². The van der Waals surface area contributed by atoms with Gasteiger partial charge in [-0.2, -0.15) is 0 Å². The molecule has 1 saturated heterocycles. The molecule has 2 heterocycles. The summed E-state index contributed by atoms with van der Waals surface area (Å²) in [6, 6.07) is 0. The van der Waals surface area contributed by atoms with Crippen LogP contribution in [0.1, 0.15) is 44.3 Å². The summed E-state index contributed by atoms with van der Waals surface area (Å²) in [6.07, 6.45) is 2.01. The first-order chi connectivity index (χ1) is 9.75. The Balaban J connectivity index is 1.93. The van der Waals surface area contributed by atoms with Crippen LogP contribution < -0.4 is 5.32 Å². The van der Waals surface area contributed by atoms with Crippen LogP contribution in [-0.4, -0.2) is 32.8 Å². The van der Waals surface area contributed by atoms with Gasteiger partial charge in [0.2, 0.25) is 11.8 Å². The summed E-state index contributed by atoms with van der Waals surface area (Å²) in [5.74, 6) is 0.206. The standard InChI is InChI=1S/C15H21N3O2S/c1-9-8-21-11(16-9)7-18-13(20)15(4,10-5-6-10)17-12(19)14(18,2)3/h8,10H,5-7H2,1-4H3,(H,17,19). The van der Waals surface area contributed by atoms with Crippen LogP contribution >= 0.6 is 11.3 Å². The van der Waals surface area contributed by atoms with Gasteiger partial charge in [0.1, 0.15) is 16.1 Å². The van der Waals surface area contributed by atoms with Crippen molar-refractivity contribution in [1.82, 2.24) is 15.2 Å². The number of thiazole rings is 1. The molecular formula is C15H21N3O2S. The van der Waals surface area contributed by atoms with Gasteiger partial charge in [0.15, 0.2) is 0 Å². The lowest BCUT2D eigenvalue weighted by atomic mass is 9.85. The molecule has 1 N–H and O–H groups in total. The summed E-state index contributed by atoms with van der Waals surface area (Å²) >= 11 is 1.53. The third-order valence-electron chi connectivity index (χ3n) is 4.65. The molecule has 0 spiro atoms. The molecule has 114 valence electrons. The largest absolute Gasteiger partial charge is 0.340 e. The lowest BCUT2D eigenvalue weighted by Crippen LogP contribution is -2.73. The molecule has 0 aromatic carbocycles. The van der Waals surface area contributed by atoms with E-state index in [1.165, 1.54) is 11.3 Å². The highest BCUT2D eigenvalue weighted by Crippen LogP contribution is 2.43. The molecule has 6 heteroatoms. The van der Waals surface area contributed by atoms with Gasteiger partial charge in [-0.15, -0.1) is 11.3 Å². The molecule has 1 aromatic heterocycles. The van der Waals surface area contributed by atoms with Gasteiger partial charge in [0.25, 0.3) is 0 Å². The predicted octanol–water partition coefficient (Wildman–Crippen LogP) is 1.86. The normalized spacial score (nSPS) is 28.7. The van der Waals surface area contributed by atoms with Crippen LogP contribution in [0.25, 0.3) is 0 Å². The first kappa shape index (κ1) is 14.5. The van der Waals surface area contributed by atoms with E-state index < -0.39 is 11.1 Å². The quantitative estimate of drug-likeness (QED) is 0.927. The van der Waals surface area contributed by atoms with Crippen LogP contribution in [0, 0.1) is 12.8 Å². The molecule has 1 saturated carbocycles. The number of aryl methyl sites for hydroxylation is 1. The van der Waals surface area contributed by atoms with Gasteiger partial charge in [0.05, 0.1) is 6.54 Å². The van der Waals surface area contributed by atoms with Crippen LogP contribution in [0.15, 0.2) is 5.38 Å². The highest BCUT2D eigenvalue weighted by Gasteiger charge is 2.57. The number of hydrogen-bond donors (Lipinski definition) is 1. The van der Waals surface area contributed by atoms with Gasteiger partial charge in [-0.05, 0) is 46.5 Å². The molecule has 1 unspecified atom stereocenters. The maximum atomic E-state index is 13.0. The summed E-state index contributed by atoms with van der Waals surface area (Å²) in [4.78, 5) is 31.6. The molecular weight excluding hydrogens is 286 g/mol. The molecule has 5 nitrogen and oxygen atoms in total. The first-order valence-electron chi connectivity index (χ1n) is 7.31. The van der Waals surface area contributed by atoms with Gasteiger partial charge in [0, 0.05) is 11.1 Å². The molecule has 2 fully saturated rings. The summed E-state index contributed by atoms with van der Waals surface area (Å²) in [5, 5.41) is 5.81. The van der Waals surface area contributed by atoms with E-state index in [0.29, 0.717) is 6.54 Å². The molecule has 2 aliphatic rings. The Kier molecular flexibility index (Phi) is 3.13. The van der Waals surface area contributed by atoms with Crippen molar-refractivity contribution in [2.24, 2.45) is 5.92 Å². The van der Waals surface area contributed by atoms with Crippen molar-refractivity contribution in [2.45, 2.75) is 58.2 Å². The smallest absolute Gasteiger partial charge is 0.249 e. The zero-order chi connectivity index (χ0) is 15.4. The third kappa shape index (κ3) is 2.25. The van der Waals surface area contributed by atoms with E-state index in [1.54, 1.807) is 18.7 Å². The maximum absolute atomic E-state index is 13.0. The van der Waals surface area contributed by atoms with E-state index in [9.17, 15) is 9.59 Å². The predicted molar refractivity (Wildman–Crippen MR) is 80.8 cm³/mol. The lowest BCUT2D eigenvalue weighted by Gasteiger charge is -2.48. The number of aromatic nitrogens is 1. The first-order valence-corrected chi connectivity index (χ1v) is 8.19. The van der Waals surface area contributed by atoms with Crippen LogP contribution in [0.4, 0.5) is 0 Å². The molecule has 1 aromatic rings. The van der Waals surface area contributed by atoms with Crippen molar-refractivity contribution in [1.29, 1.82) is 0 Å². The minimum atomic E-state index is -0.842.